The third-order valence-corrected chi connectivity index (χ3v) is 4.09. The summed E-state index contributed by atoms with van der Waals surface area (Å²) in [6, 6.07) is 15.2. The van der Waals surface area contributed by atoms with E-state index in [1.807, 2.05) is 31.2 Å². The molecule has 0 saturated carbocycles. The molecular formula is C21H21NO3. The summed E-state index contributed by atoms with van der Waals surface area (Å²) in [7, 11) is 1.37. The number of nitrogens with zero attached hydrogens (tertiary/aromatic N) is 1. The molecule has 0 N–H and O–H groups in total. The summed E-state index contributed by atoms with van der Waals surface area (Å²) in [4.78, 5) is 16.3. The maximum atomic E-state index is 11.8. The second kappa shape index (κ2) is 6.93. The molecule has 0 spiro atoms. The smallest absolute Gasteiger partial charge is 0.337 e. The number of aromatic nitrogens is 1. The number of pyridine rings is 1. The van der Waals surface area contributed by atoms with Crippen molar-refractivity contribution in [2.24, 2.45) is 0 Å². The molecule has 4 nitrogen and oxygen atoms in total. The second-order valence-electron chi connectivity index (χ2n) is 6.31. The number of aryl methyl sites for hydroxylation is 1. The highest BCUT2D eigenvalue weighted by atomic mass is 16.5. The number of esters is 1. The first-order valence-electron chi connectivity index (χ1n) is 8.25. The van der Waals surface area contributed by atoms with Crippen molar-refractivity contribution < 1.29 is 14.3 Å². The molecule has 3 rings (SSSR count). The zero-order chi connectivity index (χ0) is 18.0. The Morgan fingerprint density at radius 3 is 2.40 bits per heavy atom. The number of carbonyl (C=O) groups excluding carboxylic acids is 1. The first-order valence-corrected chi connectivity index (χ1v) is 8.25. The lowest BCUT2D eigenvalue weighted by Gasteiger charge is -2.12. The van der Waals surface area contributed by atoms with Crippen LogP contribution in [0, 0.1) is 6.92 Å². The van der Waals surface area contributed by atoms with Gasteiger partial charge in [0.05, 0.1) is 18.2 Å². The maximum absolute atomic E-state index is 11.8. The molecular weight excluding hydrogens is 314 g/mol. The lowest BCUT2D eigenvalue weighted by atomic mass is 10.0. The third kappa shape index (κ3) is 3.63. The molecule has 0 aliphatic heterocycles. The van der Waals surface area contributed by atoms with E-state index in [1.54, 1.807) is 12.1 Å². The first kappa shape index (κ1) is 17.0. The van der Waals surface area contributed by atoms with Gasteiger partial charge in [-0.3, -0.25) is 4.98 Å². The average Bonchev–Trinajstić information content (AvgIpc) is 2.61. The van der Waals surface area contributed by atoms with E-state index < -0.39 is 0 Å². The fourth-order valence-electron chi connectivity index (χ4n) is 2.70. The molecule has 0 atom stereocenters. The van der Waals surface area contributed by atoms with Crippen LogP contribution in [0.4, 0.5) is 0 Å². The molecule has 25 heavy (non-hydrogen) atoms. The number of fused-ring (bicyclic) bond motifs is 1. The number of carbonyl (C=O) groups is 1. The van der Waals surface area contributed by atoms with Crippen LogP contribution in [-0.2, 0) is 4.74 Å². The van der Waals surface area contributed by atoms with Crippen molar-refractivity contribution >= 4 is 16.9 Å². The van der Waals surface area contributed by atoms with Crippen molar-refractivity contribution in [2.75, 3.05) is 7.11 Å². The van der Waals surface area contributed by atoms with Gasteiger partial charge in [0.25, 0.3) is 0 Å². The number of benzene rings is 2. The molecule has 2 aromatic carbocycles. The predicted octanol–water partition coefficient (Wildman–Crippen LogP) is 5.25. The minimum absolute atomic E-state index is 0.380. The van der Waals surface area contributed by atoms with Gasteiger partial charge in [0, 0.05) is 17.1 Å². The van der Waals surface area contributed by atoms with Gasteiger partial charge in [-0.05, 0) is 48.7 Å². The number of hydrogen-bond donors (Lipinski definition) is 0. The first-order chi connectivity index (χ1) is 12.0. The molecule has 128 valence electrons. The Hall–Kier alpha value is -2.88. The minimum atomic E-state index is -0.380. The molecule has 3 aromatic rings. The van der Waals surface area contributed by atoms with Crippen LogP contribution in [0.25, 0.3) is 10.9 Å². The topological polar surface area (TPSA) is 48.4 Å². The Balaban J connectivity index is 2.03. The van der Waals surface area contributed by atoms with Crippen molar-refractivity contribution in [3.05, 3.63) is 65.4 Å². The van der Waals surface area contributed by atoms with Gasteiger partial charge in [-0.15, -0.1) is 0 Å². The molecule has 0 saturated heterocycles. The van der Waals surface area contributed by atoms with Crippen LogP contribution in [0.15, 0.2) is 48.5 Å². The van der Waals surface area contributed by atoms with Crippen molar-refractivity contribution in [2.45, 2.75) is 26.7 Å². The van der Waals surface area contributed by atoms with Crippen LogP contribution >= 0.6 is 0 Å². The summed E-state index contributed by atoms with van der Waals surface area (Å²) in [5, 5.41) is 0.779. The van der Waals surface area contributed by atoms with E-state index in [9.17, 15) is 4.79 Å². The number of rotatable bonds is 4. The van der Waals surface area contributed by atoms with Crippen molar-refractivity contribution in [1.82, 2.24) is 4.98 Å². The summed E-state index contributed by atoms with van der Waals surface area (Å²) in [5.41, 5.74) is 3.37. The van der Waals surface area contributed by atoms with Gasteiger partial charge in [-0.25, -0.2) is 4.79 Å². The Morgan fingerprint density at radius 1 is 1.04 bits per heavy atom. The summed E-state index contributed by atoms with van der Waals surface area (Å²) in [6.45, 7) is 6.23. The van der Waals surface area contributed by atoms with Crippen LogP contribution in [-0.4, -0.2) is 18.1 Å². The van der Waals surface area contributed by atoms with Gasteiger partial charge >= 0.3 is 5.97 Å². The van der Waals surface area contributed by atoms with Gasteiger partial charge in [-0.2, -0.15) is 0 Å². The Bertz CT molecular complexity index is 914. The SMILES string of the molecule is COC(=O)c1ccc2nc(C)cc(Oc3ccc(C(C)C)cc3)c2c1. The van der Waals surface area contributed by atoms with E-state index in [1.165, 1.54) is 12.7 Å². The van der Waals surface area contributed by atoms with Crippen molar-refractivity contribution in [3.8, 4) is 11.5 Å². The highest BCUT2D eigenvalue weighted by Crippen LogP contribution is 2.31. The fourth-order valence-corrected chi connectivity index (χ4v) is 2.70. The second-order valence-corrected chi connectivity index (χ2v) is 6.31. The molecule has 0 bridgehead atoms. The van der Waals surface area contributed by atoms with E-state index >= 15 is 0 Å². The van der Waals surface area contributed by atoms with Crippen molar-refractivity contribution in [1.29, 1.82) is 0 Å². The van der Waals surface area contributed by atoms with Gasteiger partial charge in [-0.1, -0.05) is 26.0 Å². The Labute approximate surface area is 147 Å². The highest BCUT2D eigenvalue weighted by molar-refractivity contribution is 5.96. The van der Waals surface area contributed by atoms with Gasteiger partial charge in [0.2, 0.25) is 0 Å². The standard InChI is InChI=1S/C21H21NO3/c1-13(2)15-5-8-17(9-6-15)25-20-11-14(3)22-19-10-7-16(12-18(19)20)21(23)24-4/h5-13H,1-4H3. The lowest BCUT2D eigenvalue weighted by Crippen LogP contribution is -2.01. The highest BCUT2D eigenvalue weighted by Gasteiger charge is 2.12. The number of methoxy groups -OCH3 is 1. The van der Waals surface area contributed by atoms with Gasteiger partial charge < -0.3 is 9.47 Å². The molecule has 0 aliphatic rings. The van der Waals surface area contributed by atoms with Crippen LogP contribution in [0.5, 0.6) is 11.5 Å². The van der Waals surface area contributed by atoms with Crippen LogP contribution in [0.3, 0.4) is 0 Å². The van der Waals surface area contributed by atoms with E-state index in [0.717, 1.165) is 22.3 Å². The van der Waals surface area contributed by atoms with E-state index in [-0.39, 0.29) is 5.97 Å². The quantitative estimate of drug-likeness (QED) is 0.611. The Morgan fingerprint density at radius 2 is 1.76 bits per heavy atom. The normalized spacial score (nSPS) is 10.9. The number of ether oxygens (including phenoxy) is 2. The molecule has 0 unspecified atom stereocenters. The zero-order valence-corrected chi connectivity index (χ0v) is 14.9. The zero-order valence-electron chi connectivity index (χ0n) is 14.9. The Kier molecular flexibility index (Phi) is 4.70. The summed E-state index contributed by atoms with van der Waals surface area (Å²) in [6.07, 6.45) is 0. The monoisotopic (exact) mass is 335 g/mol. The largest absolute Gasteiger partial charge is 0.465 e. The van der Waals surface area contributed by atoms with Gasteiger partial charge in [0.1, 0.15) is 11.5 Å². The molecule has 0 aliphatic carbocycles. The molecule has 0 fully saturated rings. The van der Waals surface area contributed by atoms with E-state index in [2.05, 4.69) is 31.0 Å². The summed E-state index contributed by atoms with van der Waals surface area (Å²) < 4.78 is 10.9. The molecule has 4 heteroatoms. The van der Waals surface area contributed by atoms with Gasteiger partial charge in [0.15, 0.2) is 0 Å². The lowest BCUT2D eigenvalue weighted by molar-refractivity contribution is 0.0601. The van der Waals surface area contributed by atoms with Crippen molar-refractivity contribution in [3.63, 3.8) is 0 Å². The maximum Gasteiger partial charge on any atom is 0.337 e. The molecule has 1 aromatic heterocycles. The summed E-state index contributed by atoms with van der Waals surface area (Å²) in [5.74, 6) is 1.51. The van der Waals surface area contributed by atoms with E-state index in [4.69, 9.17) is 9.47 Å². The molecule has 0 amide bonds. The van der Waals surface area contributed by atoms with Crippen LogP contribution in [0.1, 0.15) is 41.4 Å². The third-order valence-electron chi connectivity index (χ3n) is 4.09. The summed E-state index contributed by atoms with van der Waals surface area (Å²) >= 11 is 0. The fraction of sp³-hybridized carbons (Fsp3) is 0.238. The minimum Gasteiger partial charge on any atom is -0.465 e. The number of hydrogen-bond acceptors (Lipinski definition) is 4. The van der Waals surface area contributed by atoms with Crippen LogP contribution < -0.4 is 4.74 Å². The van der Waals surface area contributed by atoms with E-state index in [0.29, 0.717) is 17.2 Å². The molecule has 0 radical (unpaired) electrons. The average molecular weight is 335 g/mol. The van der Waals surface area contributed by atoms with Crippen LogP contribution in [0.2, 0.25) is 0 Å². The molecule has 1 heterocycles. The predicted molar refractivity (Wildman–Crippen MR) is 98.4 cm³/mol.